The average molecular weight is 299 g/mol. The van der Waals surface area contributed by atoms with Crippen LogP contribution in [-0.2, 0) is 11.2 Å². The number of aryl methyl sites for hydroxylation is 1. The molecule has 1 heterocycles. The molecule has 0 saturated heterocycles. The fraction of sp³-hybridized carbons (Fsp3) is 0.286. The van der Waals surface area contributed by atoms with Gasteiger partial charge in [-0.3, -0.25) is 0 Å². The number of methoxy groups -OCH3 is 1. The van der Waals surface area contributed by atoms with Crippen LogP contribution < -0.4 is 0 Å². The van der Waals surface area contributed by atoms with Crippen molar-refractivity contribution in [2.75, 3.05) is 7.11 Å². The van der Waals surface area contributed by atoms with Crippen LogP contribution in [0.25, 0.3) is 11.5 Å². The Kier molecular flexibility index (Phi) is 4.30. The summed E-state index contributed by atoms with van der Waals surface area (Å²) in [5.41, 5.74) is -0.383. The molecule has 2 aromatic rings. The number of hydrogen-bond acceptors (Lipinski definition) is 4. The van der Waals surface area contributed by atoms with Crippen molar-refractivity contribution in [1.82, 2.24) is 4.98 Å². The van der Waals surface area contributed by atoms with Crippen LogP contribution in [0.3, 0.4) is 0 Å². The number of esters is 1. The predicted molar refractivity (Wildman–Crippen MR) is 67.1 cm³/mol. The molecule has 0 atom stereocenters. The van der Waals surface area contributed by atoms with Gasteiger partial charge in [0.25, 0.3) is 0 Å². The normalized spacial score (nSPS) is 10.7. The van der Waals surface area contributed by atoms with E-state index < -0.39 is 34.9 Å². The molecule has 2 rings (SSSR count). The van der Waals surface area contributed by atoms with Gasteiger partial charge in [-0.05, 0) is 6.42 Å². The van der Waals surface area contributed by atoms with Crippen LogP contribution in [0.5, 0.6) is 0 Å². The first kappa shape index (κ1) is 15.1. The summed E-state index contributed by atoms with van der Waals surface area (Å²) in [5, 5.41) is 0. The van der Waals surface area contributed by atoms with Crippen LogP contribution in [-0.4, -0.2) is 18.1 Å². The second-order valence-electron chi connectivity index (χ2n) is 4.28. The lowest BCUT2D eigenvalue weighted by molar-refractivity contribution is 0.0564. The number of rotatable bonds is 4. The Labute approximate surface area is 118 Å². The van der Waals surface area contributed by atoms with E-state index in [0.29, 0.717) is 25.0 Å². The Hall–Kier alpha value is -2.31. The molecule has 0 saturated carbocycles. The van der Waals surface area contributed by atoms with Gasteiger partial charge < -0.3 is 9.15 Å². The molecule has 0 unspecified atom stereocenters. The van der Waals surface area contributed by atoms with E-state index >= 15 is 0 Å². The molecule has 0 spiro atoms. The second kappa shape index (κ2) is 5.99. The number of carbonyl (C=O) groups excluding carboxylic acids is 1. The molecule has 0 fully saturated rings. The van der Waals surface area contributed by atoms with Crippen molar-refractivity contribution in [2.45, 2.75) is 19.8 Å². The van der Waals surface area contributed by atoms with Gasteiger partial charge in [0.15, 0.2) is 0 Å². The van der Waals surface area contributed by atoms with Crippen molar-refractivity contribution in [1.29, 1.82) is 0 Å². The zero-order valence-corrected chi connectivity index (χ0v) is 11.4. The third kappa shape index (κ3) is 2.91. The molecule has 112 valence electrons. The molecule has 0 amide bonds. The zero-order valence-electron chi connectivity index (χ0n) is 11.4. The van der Waals surface area contributed by atoms with Crippen molar-refractivity contribution in [3.63, 3.8) is 0 Å². The topological polar surface area (TPSA) is 52.3 Å². The molecule has 7 heteroatoms. The maximum absolute atomic E-state index is 13.7. The number of nitrogens with zero attached hydrogens (tertiary/aromatic N) is 1. The average Bonchev–Trinajstić information content (AvgIpc) is 2.81. The van der Waals surface area contributed by atoms with Crippen molar-refractivity contribution < 1.29 is 27.1 Å². The summed E-state index contributed by atoms with van der Waals surface area (Å²) in [5.74, 6) is -4.80. The van der Waals surface area contributed by atoms with Crippen molar-refractivity contribution in [3.05, 3.63) is 41.0 Å². The van der Waals surface area contributed by atoms with Gasteiger partial charge in [-0.2, -0.15) is 0 Å². The lowest BCUT2D eigenvalue weighted by Crippen LogP contribution is -2.03. The number of hydrogen-bond donors (Lipinski definition) is 0. The Morgan fingerprint density at radius 3 is 2.43 bits per heavy atom. The Morgan fingerprint density at radius 1 is 1.29 bits per heavy atom. The molecule has 0 aliphatic rings. The highest BCUT2D eigenvalue weighted by Gasteiger charge is 2.25. The Bertz CT molecular complexity index is 659. The number of carbonyl (C=O) groups is 1. The second-order valence-corrected chi connectivity index (χ2v) is 4.28. The summed E-state index contributed by atoms with van der Waals surface area (Å²) in [7, 11) is 1.15. The monoisotopic (exact) mass is 299 g/mol. The minimum absolute atomic E-state index is 0.211. The van der Waals surface area contributed by atoms with E-state index in [2.05, 4.69) is 9.72 Å². The largest absolute Gasteiger partial charge is 0.463 e. The molecule has 1 aromatic heterocycles. The van der Waals surface area contributed by atoms with Crippen molar-refractivity contribution >= 4 is 5.97 Å². The first-order chi connectivity index (χ1) is 9.97. The van der Waals surface area contributed by atoms with E-state index in [-0.39, 0.29) is 11.5 Å². The highest BCUT2D eigenvalue weighted by atomic mass is 19.1. The molecule has 0 aliphatic carbocycles. The summed E-state index contributed by atoms with van der Waals surface area (Å²) in [6, 6.07) is 1.03. The maximum Gasteiger partial charge on any atom is 0.376 e. The maximum atomic E-state index is 13.7. The summed E-state index contributed by atoms with van der Waals surface area (Å²) >= 11 is 0. The van der Waals surface area contributed by atoms with E-state index in [4.69, 9.17) is 4.42 Å². The van der Waals surface area contributed by atoms with Crippen LogP contribution in [0.15, 0.2) is 16.5 Å². The Morgan fingerprint density at radius 2 is 1.90 bits per heavy atom. The lowest BCUT2D eigenvalue weighted by Gasteiger charge is -2.00. The van der Waals surface area contributed by atoms with Crippen LogP contribution >= 0.6 is 0 Å². The number of oxazole rings is 1. The molecule has 0 aliphatic heterocycles. The van der Waals surface area contributed by atoms with Gasteiger partial charge in [-0.1, -0.05) is 13.3 Å². The Balaban J connectivity index is 2.58. The van der Waals surface area contributed by atoms with Gasteiger partial charge in [-0.15, -0.1) is 0 Å². The van der Waals surface area contributed by atoms with Crippen LogP contribution in [0, 0.1) is 17.5 Å². The fourth-order valence-corrected chi connectivity index (χ4v) is 1.86. The molecule has 0 radical (unpaired) electrons. The number of benzene rings is 1. The third-order valence-corrected chi connectivity index (χ3v) is 2.78. The SMILES string of the molecule is CCCc1nc(-c2c(F)cc(F)cc2F)oc1C(=O)OC. The van der Waals surface area contributed by atoms with Crippen LogP contribution in [0.4, 0.5) is 13.2 Å². The predicted octanol–water partition coefficient (Wildman–Crippen LogP) is 3.50. The van der Waals surface area contributed by atoms with Gasteiger partial charge in [0.1, 0.15) is 23.0 Å². The summed E-state index contributed by atoms with van der Waals surface area (Å²) in [4.78, 5) is 15.5. The summed E-state index contributed by atoms with van der Waals surface area (Å²) in [6.07, 6.45) is 1.02. The van der Waals surface area contributed by atoms with Gasteiger partial charge in [0.05, 0.1) is 12.8 Å². The fourth-order valence-electron chi connectivity index (χ4n) is 1.86. The van der Waals surface area contributed by atoms with E-state index in [9.17, 15) is 18.0 Å². The smallest absolute Gasteiger partial charge is 0.376 e. The molecule has 0 N–H and O–H groups in total. The quantitative estimate of drug-likeness (QED) is 0.811. The molecule has 21 heavy (non-hydrogen) atoms. The number of ether oxygens (including phenoxy) is 1. The zero-order chi connectivity index (χ0) is 15.6. The van der Waals surface area contributed by atoms with Crippen molar-refractivity contribution in [3.8, 4) is 11.5 Å². The van der Waals surface area contributed by atoms with E-state index in [0.717, 1.165) is 7.11 Å². The van der Waals surface area contributed by atoms with E-state index in [1.807, 2.05) is 6.92 Å². The van der Waals surface area contributed by atoms with Gasteiger partial charge >= 0.3 is 5.97 Å². The van der Waals surface area contributed by atoms with Gasteiger partial charge in [0, 0.05) is 12.1 Å². The summed E-state index contributed by atoms with van der Waals surface area (Å²) < 4.78 is 50.0. The highest BCUT2D eigenvalue weighted by molar-refractivity contribution is 5.88. The first-order valence-corrected chi connectivity index (χ1v) is 6.20. The van der Waals surface area contributed by atoms with Crippen molar-refractivity contribution in [2.24, 2.45) is 0 Å². The molecular weight excluding hydrogens is 287 g/mol. The molecule has 1 aromatic carbocycles. The van der Waals surface area contributed by atoms with Crippen LogP contribution in [0.1, 0.15) is 29.6 Å². The standard InChI is InChI=1S/C14H12F3NO3/c1-3-4-10-12(14(19)20-2)21-13(18-10)11-8(16)5-7(15)6-9(11)17/h5-6H,3-4H2,1-2H3. The molecule has 0 bridgehead atoms. The summed E-state index contributed by atoms with van der Waals surface area (Å²) in [6.45, 7) is 1.84. The minimum Gasteiger partial charge on any atom is -0.463 e. The number of halogens is 3. The van der Waals surface area contributed by atoms with E-state index in [1.54, 1.807) is 0 Å². The molecule has 4 nitrogen and oxygen atoms in total. The highest BCUT2D eigenvalue weighted by Crippen LogP contribution is 2.29. The van der Waals surface area contributed by atoms with Gasteiger partial charge in [0.2, 0.25) is 11.7 Å². The van der Waals surface area contributed by atoms with Gasteiger partial charge in [-0.25, -0.2) is 22.9 Å². The first-order valence-electron chi connectivity index (χ1n) is 6.20. The van der Waals surface area contributed by atoms with Crippen LogP contribution in [0.2, 0.25) is 0 Å². The minimum atomic E-state index is -1.16. The third-order valence-electron chi connectivity index (χ3n) is 2.78. The lowest BCUT2D eigenvalue weighted by atomic mass is 10.2. The molecular formula is C14H12F3NO3. The van der Waals surface area contributed by atoms with E-state index in [1.165, 1.54) is 0 Å². The number of aromatic nitrogens is 1.